The second kappa shape index (κ2) is 9.65. The van der Waals surface area contributed by atoms with Gasteiger partial charge in [-0.3, -0.25) is 0 Å². The number of rotatable bonds is 6. The molecule has 3 N–H and O–H groups in total. The van der Waals surface area contributed by atoms with E-state index in [4.69, 9.17) is 0 Å². The Morgan fingerprint density at radius 3 is 2.45 bits per heavy atom. The molecule has 1 heterocycles. The summed E-state index contributed by atoms with van der Waals surface area (Å²) in [6, 6.07) is 13.3. The van der Waals surface area contributed by atoms with Gasteiger partial charge in [0.15, 0.2) is 0 Å². The van der Waals surface area contributed by atoms with Gasteiger partial charge in [-0.25, -0.2) is 4.79 Å². The summed E-state index contributed by atoms with van der Waals surface area (Å²) in [5.74, 6) is 0.272. The molecule has 29 heavy (non-hydrogen) atoms. The third-order valence-electron chi connectivity index (χ3n) is 5.51. The summed E-state index contributed by atoms with van der Waals surface area (Å²) in [6.07, 6.45) is 1.68. The molecule has 0 unspecified atom stereocenters. The van der Waals surface area contributed by atoms with Crippen LogP contribution in [0.4, 0.5) is 16.2 Å². The molecule has 1 fully saturated rings. The minimum Gasteiger partial charge on any atom is -0.508 e. The maximum absolute atomic E-state index is 12.4. The largest absolute Gasteiger partial charge is 0.508 e. The second-order valence-corrected chi connectivity index (χ2v) is 7.99. The number of aromatic hydroxyl groups is 1. The summed E-state index contributed by atoms with van der Waals surface area (Å²) in [7, 11) is 2.15. The van der Waals surface area contributed by atoms with Crippen LogP contribution >= 0.6 is 0 Å². The van der Waals surface area contributed by atoms with Gasteiger partial charge in [-0.1, -0.05) is 12.1 Å². The van der Waals surface area contributed by atoms with E-state index in [9.17, 15) is 9.90 Å². The molecule has 0 radical (unpaired) electrons. The van der Waals surface area contributed by atoms with Gasteiger partial charge in [0, 0.05) is 43.6 Å². The third kappa shape index (κ3) is 6.12. The van der Waals surface area contributed by atoms with Crippen LogP contribution in [0, 0.1) is 6.92 Å². The highest BCUT2D eigenvalue weighted by Gasteiger charge is 2.15. The van der Waals surface area contributed by atoms with Gasteiger partial charge in [0.2, 0.25) is 0 Å². The molecular weight excluding hydrogens is 364 g/mol. The lowest BCUT2D eigenvalue weighted by molar-refractivity contribution is 0.248. The van der Waals surface area contributed by atoms with Gasteiger partial charge in [0.25, 0.3) is 0 Å². The Hall–Kier alpha value is -2.73. The predicted molar refractivity (Wildman–Crippen MR) is 119 cm³/mol. The predicted octanol–water partition coefficient (Wildman–Crippen LogP) is 3.60. The average Bonchev–Trinajstić information content (AvgIpc) is 2.69. The highest BCUT2D eigenvalue weighted by atomic mass is 16.3. The molecule has 0 aromatic heterocycles. The average molecular weight is 397 g/mol. The fourth-order valence-electron chi connectivity index (χ4n) is 3.55. The van der Waals surface area contributed by atoms with E-state index in [0.29, 0.717) is 0 Å². The van der Waals surface area contributed by atoms with Crippen LogP contribution in [0.25, 0.3) is 0 Å². The Labute approximate surface area is 173 Å². The molecular formula is C23H32N4O2. The van der Waals surface area contributed by atoms with Crippen molar-refractivity contribution in [3.63, 3.8) is 0 Å². The van der Waals surface area contributed by atoms with Crippen molar-refractivity contribution in [3.05, 3.63) is 53.6 Å². The summed E-state index contributed by atoms with van der Waals surface area (Å²) < 4.78 is 0. The number of carbonyl (C=O) groups is 1. The molecule has 1 aliphatic heterocycles. The van der Waals surface area contributed by atoms with Gasteiger partial charge in [0.05, 0.1) is 0 Å². The number of piperazine rings is 1. The SMILES string of the molecule is Cc1cc(N2CCN(C)CC2)ccc1NC(=O)N[C@@H](C)CCc1ccc(O)cc1. The zero-order chi connectivity index (χ0) is 20.8. The van der Waals surface area contributed by atoms with E-state index in [1.54, 1.807) is 12.1 Å². The Bertz CT molecular complexity index is 814. The van der Waals surface area contributed by atoms with Crippen LogP contribution < -0.4 is 15.5 Å². The standard InChI is InChI=1S/C23H32N4O2/c1-17-16-20(27-14-12-26(3)13-15-27)8-11-22(17)25-23(29)24-18(2)4-5-19-6-9-21(28)10-7-19/h6-11,16,18,28H,4-5,12-15H2,1-3H3,(H2,24,25,29)/t18-/m0/s1. The molecule has 2 aromatic rings. The van der Waals surface area contributed by atoms with Crippen molar-refractivity contribution in [2.75, 3.05) is 43.4 Å². The van der Waals surface area contributed by atoms with Crippen LogP contribution in [0.2, 0.25) is 0 Å². The number of likely N-dealkylation sites (N-methyl/N-ethyl adjacent to an activating group) is 1. The number of urea groups is 1. The van der Waals surface area contributed by atoms with Crippen LogP contribution in [0.5, 0.6) is 5.75 Å². The number of carbonyl (C=O) groups excluding carboxylic acids is 1. The summed E-state index contributed by atoms with van der Waals surface area (Å²) in [6.45, 7) is 8.24. The zero-order valence-corrected chi connectivity index (χ0v) is 17.6. The quantitative estimate of drug-likeness (QED) is 0.698. The van der Waals surface area contributed by atoms with Crippen LogP contribution in [0.15, 0.2) is 42.5 Å². The van der Waals surface area contributed by atoms with E-state index in [1.807, 2.05) is 32.0 Å². The van der Waals surface area contributed by atoms with E-state index in [1.165, 1.54) is 5.69 Å². The van der Waals surface area contributed by atoms with E-state index in [-0.39, 0.29) is 17.8 Å². The van der Waals surface area contributed by atoms with Crippen molar-refractivity contribution < 1.29 is 9.90 Å². The molecule has 0 spiro atoms. The number of anilines is 2. The van der Waals surface area contributed by atoms with Crippen LogP contribution in [-0.4, -0.2) is 55.3 Å². The van der Waals surface area contributed by atoms with Gasteiger partial charge in [0.1, 0.15) is 5.75 Å². The lowest BCUT2D eigenvalue weighted by Gasteiger charge is -2.34. The number of aryl methyl sites for hydroxylation is 2. The first-order valence-corrected chi connectivity index (χ1v) is 10.3. The highest BCUT2D eigenvalue weighted by molar-refractivity contribution is 5.90. The van der Waals surface area contributed by atoms with Crippen molar-refractivity contribution in [1.82, 2.24) is 10.2 Å². The zero-order valence-electron chi connectivity index (χ0n) is 17.6. The van der Waals surface area contributed by atoms with Crippen LogP contribution in [0.3, 0.4) is 0 Å². The number of hydrogen-bond acceptors (Lipinski definition) is 4. The maximum Gasteiger partial charge on any atom is 0.319 e. The Balaban J connectivity index is 1.48. The lowest BCUT2D eigenvalue weighted by Crippen LogP contribution is -2.44. The molecule has 0 saturated carbocycles. The molecule has 156 valence electrons. The number of nitrogens with one attached hydrogen (secondary N) is 2. The van der Waals surface area contributed by atoms with Gasteiger partial charge in [-0.15, -0.1) is 0 Å². The van der Waals surface area contributed by atoms with Crippen molar-refractivity contribution >= 4 is 17.4 Å². The van der Waals surface area contributed by atoms with Gasteiger partial charge in [-0.2, -0.15) is 0 Å². The normalized spacial score (nSPS) is 15.8. The highest BCUT2D eigenvalue weighted by Crippen LogP contribution is 2.23. The van der Waals surface area contributed by atoms with Crippen molar-refractivity contribution in [2.24, 2.45) is 0 Å². The molecule has 6 nitrogen and oxygen atoms in total. The fraction of sp³-hybridized carbons (Fsp3) is 0.435. The number of phenols is 1. The molecule has 1 atom stereocenters. The van der Waals surface area contributed by atoms with Gasteiger partial charge >= 0.3 is 6.03 Å². The Morgan fingerprint density at radius 2 is 1.79 bits per heavy atom. The molecule has 3 rings (SSSR count). The van der Waals surface area contributed by atoms with Crippen molar-refractivity contribution in [2.45, 2.75) is 32.7 Å². The number of amides is 2. The summed E-state index contributed by atoms with van der Waals surface area (Å²) >= 11 is 0. The number of benzene rings is 2. The smallest absolute Gasteiger partial charge is 0.319 e. The second-order valence-electron chi connectivity index (χ2n) is 7.99. The first-order chi connectivity index (χ1) is 13.9. The third-order valence-corrected chi connectivity index (χ3v) is 5.51. The first-order valence-electron chi connectivity index (χ1n) is 10.3. The molecule has 0 aliphatic carbocycles. The van der Waals surface area contributed by atoms with Gasteiger partial charge < -0.3 is 25.5 Å². The molecule has 2 amide bonds. The molecule has 6 heteroatoms. The Morgan fingerprint density at radius 1 is 1.10 bits per heavy atom. The molecule has 1 aliphatic rings. The van der Waals surface area contributed by atoms with E-state index in [2.05, 4.69) is 39.6 Å². The Kier molecular flexibility index (Phi) is 6.99. The lowest BCUT2D eigenvalue weighted by atomic mass is 10.1. The number of phenolic OH excluding ortho intramolecular Hbond substituents is 1. The first kappa shape index (κ1) is 21.0. The summed E-state index contributed by atoms with van der Waals surface area (Å²) in [4.78, 5) is 17.1. The number of hydrogen-bond donors (Lipinski definition) is 3. The van der Waals surface area contributed by atoms with E-state index >= 15 is 0 Å². The molecule has 2 aromatic carbocycles. The fourth-order valence-corrected chi connectivity index (χ4v) is 3.55. The molecule has 1 saturated heterocycles. The summed E-state index contributed by atoms with van der Waals surface area (Å²) in [5.41, 5.74) is 4.26. The number of nitrogens with zero attached hydrogens (tertiary/aromatic N) is 2. The minimum absolute atomic E-state index is 0.0497. The van der Waals surface area contributed by atoms with Crippen molar-refractivity contribution in [1.29, 1.82) is 0 Å². The van der Waals surface area contributed by atoms with Gasteiger partial charge in [-0.05, 0) is 75.2 Å². The van der Waals surface area contributed by atoms with E-state index < -0.39 is 0 Å². The van der Waals surface area contributed by atoms with Crippen LogP contribution in [0.1, 0.15) is 24.5 Å². The van der Waals surface area contributed by atoms with Crippen molar-refractivity contribution in [3.8, 4) is 5.75 Å². The molecule has 0 bridgehead atoms. The summed E-state index contributed by atoms with van der Waals surface area (Å²) in [5, 5.41) is 15.3. The topological polar surface area (TPSA) is 67.8 Å². The maximum atomic E-state index is 12.4. The van der Waals surface area contributed by atoms with Crippen LogP contribution in [-0.2, 0) is 6.42 Å². The monoisotopic (exact) mass is 396 g/mol. The minimum atomic E-state index is -0.182. The van der Waals surface area contributed by atoms with E-state index in [0.717, 1.165) is 55.8 Å².